The summed E-state index contributed by atoms with van der Waals surface area (Å²) < 4.78 is 0. The highest BCUT2D eigenvalue weighted by molar-refractivity contribution is 4.99. The highest BCUT2D eigenvalue weighted by Gasteiger charge is 2.28. The third-order valence-electron chi connectivity index (χ3n) is 3.87. The van der Waals surface area contributed by atoms with Crippen LogP contribution in [0.25, 0.3) is 0 Å². The van der Waals surface area contributed by atoms with Crippen molar-refractivity contribution in [2.75, 3.05) is 26.2 Å². The molecule has 0 bridgehead atoms. The summed E-state index contributed by atoms with van der Waals surface area (Å²) in [7, 11) is 0. The Bertz CT molecular complexity index is 243. The van der Waals surface area contributed by atoms with Gasteiger partial charge in [-0.2, -0.15) is 0 Å². The highest BCUT2D eigenvalue weighted by atomic mass is 15.3. The van der Waals surface area contributed by atoms with E-state index in [1.165, 1.54) is 51.9 Å². The molecule has 0 saturated carbocycles. The lowest BCUT2D eigenvalue weighted by Crippen LogP contribution is -2.45. The van der Waals surface area contributed by atoms with Crippen molar-refractivity contribution >= 4 is 0 Å². The Balaban J connectivity index is 1.98. The molecule has 2 heteroatoms. The predicted molar refractivity (Wildman–Crippen MR) is 63.7 cm³/mol. The van der Waals surface area contributed by atoms with Crippen molar-refractivity contribution in [3.8, 4) is 12.3 Å². The van der Waals surface area contributed by atoms with Gasteiger partial charge >= 0.3 is 0 Å². The molecule has 2 rings (SSSR count). The molecule has 2 aliphatic heterocycles. The summed E-state index contributed by atoms with van der Waals surface area (Å²) in [6, 6.07) is 1.09. The van der Waals surface area contributed by atoms with E-state index < -0.39 is 0 Å². The molecule has 0 aromatic rings. The summed E-state index contributed by atoms with van der Waals surface area (Å²) in [6.45, 7) is 7.10. The van der Waals surface area contributed by atoms with E-state index in [2.05, 4.69) is 22.6 Å². The number of fused-ring (bicyclic) bond motifs is 1. The van der Waals surface area contributed by atoms with Crippen LogP contribution in [0.5, 0.6) is 0 Å². The van der Waals surface area contributed by atoms with Crippen molar-refractivity contribution in [2.45, 2.75) is 44.7 Å². The molecule has 0 radical (unpaired) electrons. The van der Waals surface area contributed by atoms with E-state index in [9.17, 15) is 0 Å². The molecular weight excluding hydrogens is 184 g/mol. The van der Waals surface area contributed by atoms with E-state index in [0.29, 0.717) is 6.04 Å². The van der Waals surface area contributed by atoms with Gasteiger partial charge in [0.1, 0.15) is 0 Å². The quantitative estimate of drug-likeness (QED) is 0.601. The number of terminal acetylenes is 1. The lowest BCUT2D eigenvalue weighted by atomic mass is 10.0. The first-order valence-electron chi connectivity index (χ1n) is 6.25. The van der Waals surface area contributed by atoms with Crippen molar-refractivity contribution in [3.05, 3.63) is 0 Å². The fraction of sp³-hybridized carbons (Fsp3) is 0.846. The maximum atomic E-state index is 5.52. The number of piperidine rings is 1. The minimum absolute atomic E-state index is 0.312. The van der Waals surface area contributed by atoms with Crippen molar-refractivity contribution in [3.63, 3.8) is 0 Å². The second-order valence-corrected chi connectivity index (χ2v) is 4.88. The van der Waals surface area contributed by atoms with Gasteiger partial charge in [0.2, 0.25) is 0 Å². The molecule has 2 fully saturated rings. The van der Waals surface area contributed by atoms with Gasteiger partial charge in [-0.05, 0) is 39.3 Å². The summed E-state index contributed by atoms with van der Waals surface area (Å²) >= 11 is 0. The summed E-state index contributed by atoms with van der Waals surface area (Å²) in [6.07, 6.45) is 11.0. The van der Waals surface area contributed by atoms with Gasteiger partial charge in [0, 0.05) is 19.1 Å². The van der Waals surface area contributed by atoms with Crippen LogP contribution in [0.3, 0.4) is 0 Å². The van der Waals surface area contributed by atoms with Gasteiger partial charge in [0.15, 0.2) is 0 Å². The van der Waals surface area contributed by atoms with E-state index in [1.54, 1.807) is 0 Å². The minimum Gasteiger partial charge on any atom is -0.299 e. The molecule has 15 heavy (non-hydrogen) atoms. The van der Waals surface area contributed by atoms with E-state index in [0.717, 1.165) is 6.04 Å². The van der Waals surface area contributed by atoms with E-state index in [-0.39, 0.29) is 0 Å². The zero-order valence-electron chi connectivity index (χ0n) is 9.78. The Kier molecular flexibility index (Phi) is 3.66. The van der Waals surface area contributed by atoms with E-state index >= 15 is 0 Å². The summed E-state index contributed by atoms with van der Waals surface area (Å²) in [5.41, 5.74) is 0. The third kappa shape index (κ3) is 2.53. The second-order valence-electron chi connectivity index (χ2n) is 4.88. The van der Waals surface area contributed by atoms with Crippen LogP contribution >= 0.6 is 0 Å². The first-order chi connectivity index (χ1) is 7.31. The van der Waals surface area contributed by atoms with Crippen molar-refractivity contribution in [2.24, 2.45) is 0 Å². The molecule has 0 aromatic carbocycles. The molecule has 2 atom stereocenters. The average Bonchev–Trinajstić information content (AvgIpc) is 2.49. The molecule has 2 nitrogen and oxygen atoms in total. The van der Waals surface area contributed by atoms with Crippen LogP contribution in [0.4, 0.5) is 0 Å². The summed E-state index contributed by atoms with van der Waals surface area (Å²) in [5.74, 6) is 2.87. The number of nitrogens with zero attached hydrogens (tertiary/aromatic N) is 2. The van der Waals surface area contributed by atoms with Crippen LogP contribution in [-0.4, -0.2) is 48.1 Å². The Morgan fingerprint density at radius 1 is 1.20 bits per heavy atom. The zero-order valence-corrected chi connectivity index (χ0v) is 9.78. The second kappa shape index (κ2) is 5.01. The lowest BCUT2D eigenvalue weighted by Gasteiger charge is -2.36. The smallest absolute Gasteiger partial charge is 0.0683 e. The van der Waals surface area contributed by atoms with Crippen LogP contribution in [0.15, 0.2) is 0 Å². The minimum atomic E-state index is 0.312. The fourth-order valence-corrected chi connectivity index (χ4v) is 2.86. The molecule has 2 heterocycles. The predicted octanol–water partition coefficient (Wildman–Crippen LogP) is 1.57. The molecule has 2 unspecified atom stereocenters. The molecule has 2 saturated heterocycles. The Labute approximate surface area is 93.6 Å². The maximum Gasteiger partial charge on any atom is 0.0683 e. The topological polar surface area (TPSA) is 6.48 Å². The number of hydrogen-bond acceptors (Lipinski definition) is 2. The number of rotatable bonds is 1. The number of hydrogen-bond donors (Lipinski definition) is 0. The standard InChI is InChI=1S/C13H22N2/c1-3-12(2)15-10-6-9-14-8-5-4-7-13(14)11-15/h1,12-13H,4-11H2,2H3. The van der Waals surface area contributed by atoms with Gasteiger partial charge in [0.05, 0.1) is 6.04 Å². The van der Waals surface area contributed by atoms with Gasteiger partial charge in [-0.15, -0.1) is 6.42 Å². The molecular formula is C13H22N2. The van der Waals surface area contributed by atoms with E-state index in [1.807, 2.05) is 0 Å². The highest BCUT2D eigenvalue weighted by Crippen LogP contribution is 2.21. The molecule has 0 spiro atoms. The molecule has 84 valence electrons. The SMILES string of the molecule is C#CC(C)N1CCCN2CCCCC2C1. The van der Waals surface area contributed by atoms with Crippen molar-refractivity contribution in [1.82, 2.24) is 9.80 Å². The molecule has 0 N–H and O–H groups in total. The van der Waals surface area contributed by atoms with Gasteiger partial charge in [0.25, 0.3) is 0 Å². The van der Waals surface area contributed by atoms with Gasteiger partial charge < -0.3 is 0 Å². The Hall–Kier alpha value is -0.520. The Morgan fingerprint density at radius 2 is 2.00 bits per heavy atom. The van der Waals surface area contributed by atoms with Gasteiger partial charge in [-0.3, -0.25) is 9.80 Å². The van der Waals surface area contributed by atoms with Crippen LogP contribution in [0, 0.1) is 12.3 Å². The molecule has 0 amide bonds. The maximum absolute atomic E-state index is 5.52. The van der Waals surface area contributed by atoms with Crippen LogP contribution < -0.4 is 0 Å². The monoisotopic (exact) mass is 206 g/mol. The van der Waals surface area contributed by atoms with Gasteiger partial charge in [-0.25, -0.2) is 0 Å². The molecule has 2 aliphatic rings. The summed E-state index contributed by atoms with van der Waals surface area (Å²) in [4.78, 5) is 5.16. The van der Waals surface area contributed by atoms with E-state index in [4.69, 9.17) is 6.42 Å². The largest absolute Gasteiger partial charge is 0.299 e. The summed E-state index contributed by atoms with van der Waals surface area (Å²) in [5, 5.41) is 0. The lowest BCUT2D eigenvalue weighted by molar-refractivity contribution is 0.132. The normalized spacial score (nSPS) is 31.3. The fourth-order valence-electron chi connectivity index (χ4n) is 2.86. The van der Waals surface area contributed by atoms with Crippen molar-refractivity contribution in [1.29, 1.82) is 0 Å². The molecule has 0 aliphatic carbocycles. The van der Waals surface area contributed by atoms with Crippen molar-refractivity contribution < 1.29 is 0 Å². The van der Waals surface area contributed by atoms with Crippen LogP contribution in [0.1, 0.15) is 32.6 Å². The Morgan fingerprint density at radius 3 is 2.80 bits per heavy atom. The first kappa shape index (κ1) is 11.0. The zero-order chi connectivity index (χ0) is 10.7. The van der Waals surface area contributed by atoms with Gasteiger partial charge in [-0.1, -0.05) is 12.3 Å². The molecule has 0 aromatic heterocycles. The third-order valence-corrected chi connectivity index (χ3v) is 3.87. The van der Waals surface area contributed by atoms with Crippen LogP contribution in [-0.2, 0) is 0 Å². The van der Waals surface area contributed by atoms with Crippen LogP contribution in [0.2, 0.25) is 0 Å². The first-order valence-corrected chi connectivity index (χ1v) is 6.25. The average molecular weight is 206 g/mol.